The minimum absolute atomic E-state index is 0.0686. The van der Waals surface area contributed by atoms with E-state index < -0.39 is 11.4 Å². The average molecular weight is 293 g/mol. The lowest BCUT2D eigenvalue weighted by Gasteiger charge is -2.37. The number of carbonyl (C=O) groups excluding carboxylic acids is 1. The highest BCUT2D eigenvalue weighted by Gasteiger charge is 2.44. The van der Waals surface area contributed by atoms with Crippen molar-refractivity contribution in [2.75, 3.05) is 12.3 Å². The third kappa shape index (κ3) is 3.76. The van der Waals surface area contributed by atoms with Gasteiger partial charge in [0.05, 0.1) is 5.41 Å². The Morgan fingerprint density at radius 2 is 1.95 bits per heavy atom. The maximum atomic E-state index is 11.7. The van der Waals surface area contributed by atoms with Crippen molar-refractivity contribution in [3.8, 4) is 0 Å². The number of hydrogen-bond acceptors (Lipinski definition) is 3. The van der Waals surface area contributed by atoms with Gasteiger partial charge in [0.2, 0.25) is 5.91 Å². The highest BCUT2D eigenvalue weighted by atomic mass is 32.2. The molecule has 1 fully saturated rings. The van der Waals surface area contributed by atoms with E-state index in [4.69, 9.17) is 5.11 Å². The predicted octanol–water partition coefficient (Wildman–Crippen LogP) is 2.54. The molecule has 0 unspecified atom stereocenters. The molecular weight excluding hydrogens is 274 g/mol. The molecule has 0 aromatic heterocycles. The topological polar surface area (TPSA) is 66.4 Å². The van der Waals surface area contributed by atoms with Gasteiger partial charge in [0, 0.05) is 23.6 Å². The lowest BCUT2D eigenvalue weighted by Crippen LogP contribution is -2.47. The van der Waals surface area contributed by atoms with E-state index in [0.717, 1.165) is 11.3 Å². The largest absolute Gasteiger partial charge is 0.481 e. The van der Waals surface area contributed by atoms with E-state index in [1.165, 1.54) is 0 Å². The fourth-order valence-corrected chi connectivity index (χ4v) is 3.08. The number of carboxylic acid groups (broad SMARTS) is 1. The number of nitrogens with one attached hydrogen (secondary N) is 1. The predicted molar refractivity (Wildman–Crippen MR) is 78.7 cm³/mol. The molecular formula is C15H19NO3S. The second kappa shape index (κ2) is 6.79. The smallest absolute Gasteiger partial charge is 0.311 e. The molecule has 1 aliphatic rings. The van der Waals surface area contributed by atoms with Crippen molar-refractivity contribution >= 4 is 23.6 Å². The first kappa shape index (κ1) is 14.9. The van der Waals surface area contributed by atoms with Gasteiger partial charge in [-0.15, -0.1) is 11.8 Å². The molecule has 1 saturated carbocycles. The number of hydrogen-bond donors (Lipinski definition) is 2. The highest BCUT2D eigenvalue weighted by molar-refractivity contribution is 7.99. The molecule has 108 valence electrons. The van der Waals surface area contributed by atoms with Gasteiger partial charge in [0.15, 0.2) is 0 Å². The number of rotatable bonds is 7. The Morgan fingerprint density at radius 1 is 1.25 bits per heavy atom. The van der Waals surface area contributed by atoms with Crippen molar-refractivity contribution < 1.29 is 14.7 Å². The van der Waals surface area contributed by atoms with E-state index in [0.29, 0.717) is 25.0 Å². The fraction of sp³-hybridized carbons (Fsp3) is 0.467. The van der Waals surface area contributed by atoms with Crippen LogP contribution in [0.3, 0.4) is 0 Å². The van der Waals surface area contributed by atoms with E-state index in [9.17, 15) is 9.59 Å². The molecule has 1 aromatic carbocycles. The molecule has 0 heterocycles. The van der Waals surface area contributed by atoms with Crippen LogP contribution in [-0.4, -0.2) is 29.3 Å². The van der Waals surface area contributed by atoms with Gasteiger partial charge in [-0.25, -0.2) is 0 Å². The fourth-order valence-electron chi connectivity index (χ4n) is 2.20. The molecule has 0 saturated heterocycles. The standard InChI is InChI=1S/C15H19NO3S/c17-13(7-10-20-12-5-2-1-3-6-12)16-11-15(14(18)19)8-4-9-15/h1-3,5-6H,4,7-11H2,(H,16,17)(H,18,19). The van der Waals surface area contributed by atoms with Crippen LogP contribution >= 0.6 is 11.8 Å². The lowest BCUT2D eigenvalue weighted by atomic mass is 9.69. The van der Waals surface area contributed by atoms with E-state index in [1.807, 2.05) is 30.3 Å². The summed E-state index contributed by atoms with van der Waals surface area (Å²) < 4.78 is 0. The quantitative estimate of drug-likeness (QED) is 0.758. The Hall–Kier alpha value is -1.49. The Morgan fingerprint density at radius 3 is 2.50 bits per heavy atom. The zero-order valence-electron chi connectivity index (χ0n) is 11.3. The summed E-state index contributed by atoms with van der Waals surface area (Å²) in [5, 5.41) is 11.9. The number of carbonyl (C=O) groups is 2. The molecule has 1 amide bonds. The van der Waals surface area contributed by atoms with E-state index in [-0.39, 0.29) is 12.5 Å². The average Bonchev–Trinajstić information content (AvgIpc) is 2.38. The van der Waals surface area contributed by atoms with Gasteiger partial charge in [-0.3, -0.25) is 9.59 Å². The van der Waals surface area contributed by atoms with Crippen LogP contribution < -0.4 is 5.32 Å². The number of aliphatic carboxylic acids is 1. The molecule has 1 aromatic rings. The molecule has 0 radical (unpaired) electrons. The van der Waals surface area contributed by atoms with Crippen molar-refractivity contribution in [3.63, 3.8) is 0 Å². The molecule has 1 aliphatic carbocycles. The number of carboxylic acids is 1. The Kier molecular flexibility index (Phi) is 5.06. The van der Waals surface area contributed by atoms with Gasteiger partial charge in [-0.05, 0) is 25.0 Å². The molecule has 0 atom stereocenters. The first-order chi connectivity index (χ1) is 9.62. The zero-order chi connectivity index (χ0) is 14.4. The zero-order valence-corrected chi connectivity index (χ0v) is 12.1. The number of amides is 1. The molecule has 2 N–H and O–H groups in total. The molecule has 0 bridgehead atoms. The van der Waals surface area contributed by atoms with E-state index >= 15 is 0 Å². The Balaban J connectivity index is 1.67. The summed E-state index contributed by atoms with van der Waals surface area (Å²) >= 11 is 1.63. The highest BCUT2D eigenvalue weighted by Crippen LogP contribution is 2.40. The molecule has 2 rings (SSSR count). The first-order valence-corrected chi connectivity index (χ1v) is 7.79. The second-order valence-corrected chi connectivity index (χ2v) is 6.30. The van der Waals surface area contributed by atoms with Crippen molar-refractivity contribution in [1.29, 1.82) is 0 Å². The Labute approximate surface area is 123 Å². The minimum Gasteiger partial charge on any atom is -0.481 e. The molecule has 20 heavy (non-hydrogen) atoms. The van der Waals surface area contributed by atoms with Gasteiger partial charge in [0.1, 0.15) is 0 Å². The number of benzene rings is 1. The van der Waals surface area contributed by atoms with Gasteiger partial charge in [-0.2, -0.15) is 0 Å². The van der Waals surface area contributed by atoms with Gasteiger partial charge < -0.3 is 10.4 Å². The minimum atomic E-state index is -0.789. The van der Waals surface area contributed by atoms with Crippen molar-refractivity contribution in [2.24, 2.45) is 5.41 Å². The second-order valence-electron chi connectivity index (χ2n) is 5.13. The SMILES string of the molecule is O=C(CCSc1ccccc1)NCC1(C(=O)O)CCC1. The third-order valence-corrected chi connectivity index (χ3v) is 4.74. The maximum Gasteiger partial charge on any atom is 0.311 e. The van der Waals surface area contributed by atoms with Gasteiger partial charge >= 0.3 is 5.97 Å². The van der Waals surface area contributed by atoms with Crippen molar-refractivity contribution in [3.05, 3.63) is 30.3 Å². The summed E-state index contributed by atoms with van der Waals surface area (Å²) in [5.74, 6) is -0.153. The lowest BCUT2D eigenvalue weighted by molar-refractivity contribution is -0.154. The summed E-state index contributed by atoms with van der Waals surface area (Å²) in [4.78, 5) is 24.0. The molecule has 0 aliphatic heterocycles. The van der Waals surface area contributed by atoms with Crippen LogP contribution in [0.1, 0.15) is 25.7 Å². The summed E-state index contributed by atoms with van der Waals surface area (Å²) in [6.45, 7) is 0.261. The summed E-state index contributed by atoms with van der Waals surface area (Å²) in [5.41, 5.74) is -0.706. The van der Waals surface area contributed by atoms with Crippen LogP contribution in [0.15, 0.2) is 35.2 Å². The van der Waals surface area contributed by atoms with E-state index in [1.54, 1.807) is 11.8 Å². The van der Waals surface area contributed by atoms with Crippen LogP contribution in [0.5, 0.6) is 0 Å². The van der Waals surface area contributed by atoms with Crippen molar-refractivity contribution in [1.82, 2.24) is 5.32 Å². The van der Waals surface area contributed by atoms with Crippen molar-refractivity contribution in [2.45, 2.75) is 30.6 Å². The van der Waals surface area contributed by atoms with Gasteiger partial charge in [-0.1, -0.05) is 24.6 Å². The molecule has 0 spiro atoms. The molecule has 5 heteroatoms. The maximum absolute atomic E-state index is 11.7. The Bertz CT molecular complexity index is 471. The summed E-state index contributed by atoms with van der Waals surface area (Å²) in [7, 11) is 0. The number of thioether (sulfide) groups is 1. The third-order valence-electron chi connectivity index (χ3n) is 3.73. The normalized spacial score (nSPS) is 16.2. The van der Waals surface area contributed by atoms with Crippen LogP contribution in [0.4, 0.5) is 0 Å². The monoisotopic (exact) mass is 293 g/mol. The summed E-state index contributed by atoms with van der Waals surface area (Å²) in [6, 6.07) is 9.92. The van der Waals surface area contributed by atoms with Gasteiger partial charge in [0.25, 0.3) is 0 Å². The van der Waals surface area contributed by atoms with Crippen LogP contribution in [0.25, 0.3) is 0 Å². The molecule has 4 nitrogen and oxygen atoms in total. The van der Waals surface area contributed by atoms with Crippen LogP contribution in [-0.2, 0) is 9.59 Å². The first-order valence-electron chi connectivity index (χ1n) is 6.80. The van der Waals surface area contributed by atoms with Crippen LogP contribution in [0.2, 0.25) is 0 Å². The van der Waals surface area contributed by atoms with E-state index in [2.05, 4.69) is 5.32 Å². The summed E-state index contributed by atoms with van der Waals surface area (Å²) in [6.07, 6.45) is 2.68. The van der Waals surface area contributed by atoms with Crippen LogP contribution in [0, 0.1) is 5.41 Å².